The number of benzene rings is 1. The molecule has 5 nitrogen and oxygen atoms in total. The van der Waals surface area contributed by atoms with Crippen molar-refractivity contribution in [2.45, 2.75) is 26.1 Å². The van der Waals surface area contributed by atoms with Gasteiger partial charge in [0.2, 0.25) is 0 Å². The van der Waals surface area contributed by atoms with E-state index in [1.54, 1.807) is 6.07 Å². The topological polar surface area (TPSA) is 76.6 Å². The number of aliphatic hydroxyl groups is 2. The van der Waals surface area contributed by atoms with Crippen LogP contribution in [0.1, 0.15) is 21.6 Å². The van der Waals surface area contributed by atoms with Gasteiger partial charge in [0.15, 0.2) is 0 Å². The zero-order valence-electron chi connectivity index (χ0n) is 11.6. The highest BCUT2D eigenvalue weighted by molar-refractivity contribution is 5.99. The normalized spacial score (nSPS) is 22.7. The second-order valence-corrected chi connectivity index (χ2v) is 5.48. The van der Waals surface area contributed by atoms with Crippen LogP contribution >= 0.6 is 0 Å². The Morgan fingerprint density at radius 3 is 2.55 bits per heavy atom. The van der Waals surface area contributed by atoms with Crippen molar-refractivity contribution in [1.82, 2.24) is 9.88 Å². The maximum Gasteiger partial charge on any atom is 0.254 e. The van der Waals surface area contributed by atoms with Crippen LogP contribution in [-0.2, 0) is 0 Å². The van der Waals surface area contributed by atoms with Gasteiger partial charge in [0.05, 0.1) is 12.2 Å². The summed E-state index contributed by atoms with van der Waals surface area (Å²) in [6.07, 6.45) is -1.70. The molecule has 1 aliphatic rings. The summed E-state index contributed by atoms with van der Waals surface area (Å²) in [5, 5.41) is 20.1. The van der Waals surface area contributed by atoms with Crippen molar-refractivity contribution in [2.24, 2.45) is 0 Å². The molecule has 20 heavy (non-hydrogen) atoms. The first-order chi connectivity index (χ1) is 9.47. The highest BCUT2D eigenvalue weighted by Gasteiger charge is 2.33. The largest absolute Gasteiger partial charge is 0.388 e. The fourth-order valence-corrected chi connectivity index (χ4v) is 2.71. The number of hydrogen-bond acceptors (Lipinski definition) is 3. The lowest BCUT2D eigenvalue weighted by Crippen LogP contribution is -2.29. The molecule has 0 saturated carbocycles. The molecule has 106 valence electrons. The Balaban J connectivity index is 1.94. The fourth-order valence-electron chi connectivity index (χ4n) is 2.71. The summed E-state index contributed by atoms with van der Waals surface area (Å²) in [5.41, 5.74) is 3.83. The lowest BCUT2D eigenvalue weighted by atomic mass is 10.1. The molecular formula is C15H18N2O3. The molecule has 0 spiro atoms. The number of rotatable bonds is 1. The van der Waals surface area contributed by atoms with Crippen LogP contribution in [0.25, 0.3) is 10.9 Å². The van der Waals surface area contributed by atoms with Gasteiger partial charge in [-0.15, -0.1) is 0 Å². The predicted octanol–water partition coefficient (Wildman–Crippen LogP) is 0.962. The number of nitrogens with zero attached hydrogens (tertiary/aromatic N) is 1. The van der Waals surface area contributed by atoms with Gasteiger partial charge in [0, 0.05) is 35.2 Å². The van der Waals surface area contributed by atoms with Crippen molar-refractivity contribution < 1.29 is 15.0 Å². The Morgan fingerprint density at radius 2 is 1.90 bits per heavy atom. The van der Waals surface area contributed by atoms with E-state index in [2.05, 4.69) is 4.98 Å². The minimum Gasteiger partial charge on any atom is -0.388 e. The number of likely N-dealkylation sites (tertiary alicyclic amines) is 1. The van der Waals surface area contributed by atoms with Crippen molar-refractivity contribution in [3.05, 3.63) is 35.0 Å². The van der Waals surface area contributed by atoms with Gasteiger partial charge >= 0.3 is 0 Å². The number of β-amino-alcohol motifs (C(OH)–C–C–N with tert-alkyl or cyclic N) is 2. The number of nitrogens with one attached hydrogen (secondary N) is 1. The average molecular weight is 274 g/mol. The molecule has 2 aromatic rings. The Kier molecular flexibility index (Phi) is 3.03. The van der Waals surface area contributed by atoms with Crippen LogP contribution < -0.4 is 0 Å². The Bertz CT molecular complexity index is 667. The minimum atomic E-state index is -0.848. The highest BCUT2D eigenvalue weighted by atomic mass is 16.3. The van der Waals surface area contributed by atoms with E-state index in [4.69, 9.17) is 0 Å². The molecule has 3 N–H and O–H groups in total. The summed E-state index contributed by atoms with van der Waals surface area (Å²) >= 11 is 0. The predicted molar refractivity (Wildman–Crippen MR) is 75.7 cm³/mol. The van der Waals surface area contributed by atoms with Crippen molar-refractivity contribution in [1.29, 1.82) is 0 Å². The first kappa shape index (κ1) is 13.1. The number of aromatic nitrogens is 1. The second kappa shape index (κ2) is 4.61. The summed E-state index contributed by atoms with van der Waals surface area (Å²) in [5.74, 6) is -0.152. The molecule has 0 aliphatic carbocycles. The molecular weight excluding hydrogens is 256 g/mol. The molecule has 0 unspecified atom stereocenters. The summed E-state index contributed by atoms with van der Waals surface area (Å²) in [4.78, 5) is 17.2. The van der Waals surface area contributed by atoms with Gasteiger partial charge in [-0.3, -0.25) is 4.79 Å². The summed E-state index contributed by atoms with van der Waals surface area (Å²) in [6, 6.07) is 5.54. The van der Waals surface area contributed by atoms with E-state index in [0.717, 1.165) is 22.2 Å². The third-order valence-electron chi connectivity index (χ3n) is 4.10. The number of fused-ring (bicyclic) bond motifs is 1. The molecule has 2 atom stereocenters. The van der Waals surface area contributed by atoms with Crippen LogP contribution in [0.15, 0.2) is 18.2 Å². The van der Waals surface area contributed by atoms with E-state index < -0.39 is 12.2 Å². The first-order valence-corrected chi connectivity index (χ1v) is 6.71. The molecule has 0 radical (unpaired) electrons. The average Bonchev–Trinajstić information content (AvgIpc) is 2.90. The number of hydrogen-bond donors (Lipinski definition) is 3. The van der Waals surface area contributed by atoms with E-state index in [-0.39, 0.29) is 19.0 Å². The number of carbonyl (C=O) groups is 1. The number of amides is 1. The Labute approximate surface area is 116 Å². The van der Waals surface area contributed by atoms with E-state index in [9.17, 15) is 15.0 Å². The van der Waals surface area contributed by atoms with Gasteiger partial charge in [-0.05, 0) is 37.6 Å². The molecule has 1 fully saturated rings. The summed E-state index contributed by atoms with van der Waals surface area (Å²) in [7, 11) is 0. The van der Waals surface area contributed by atoms with Crippen molar-refractivity contribution in [3.8, 4) is 0 Å². The lowest BCUT2D eigenvalue weighted by Gasteiger charge is -2.15. The summed E-state index contributed by atoms with van der Waals surface area (Å²) in [6.45, 7) is 4.39. The van der Waals surface area contributed by atoms with E-state index in [0.29, 0.717) is 5.56 Å². The second-order valence-electron chi connectivity index (χ2n) is 5.48. The smallest absolute Gasteiger partial charge is 0.254 e. The van der Waals surface area contributed by atoms with Crippen LogP contribution in [0.4, 0.5) is 0 Å². The molecule has 3 rings (SSSR count). The van der Waals surface area contributed by atoms with Crippen molar-refractivity contribution >= 4 is 16.8 Å². The van der Waals surface area contributed by atoms with Crippen molar-refractivity contribution in [3.63, 3.8) is 0 Å². The molecule has 1 aromatic heterocycles. The van der Waals surface area contributed by atoms with Crippen LogP contribution in [-0.4, -0.2) is 51.3 Å². The van der Waals surface area contributed by atoms with E-state index >= 15 is 0 Å². The molecule has 1 amide bonds. The van der Waals surface area contributed by atoms with E-state index in [1.165, 1.54) is 4.90 Å². The highest BCUT2D eigenvalue weighted by Crippen LogP contribution is 2.23. The molecule has 0 bridgehead atoms. The van der Waals surface area contributed by atoms with Crippen LogP contribution in [0.3, 0.4) is 0 Å². The zero-order chi connectivity index (χ0) is 14.4. The number of aliphatic hydroxyl groups excluding tert-OH is 2. The maximum absolute atomic E-state index is 12.4. The standard InChI is InChI=1S/C15H18N2O3/c1-8-9(2)16-12-4-3-10(5-11(8)12)15(20)17-6-13(18)14(19)7-17/h3-5,13-14,16,18-19H,6-7H2,1-2H3/t13-,14+. The number of carbonyl (C=O) groups excluding carboxylic acids is 1. The van der Waals surface area contributed by atoms with Gasteiger partial charge < -0.3 is 20.1 Å². The lowest BCUT2D eigenvalue weighted by molar-refractivity contribution is 0.0572. The molecule has 2 heterocycles. The Morgan fingerprint density at radius 1 is 1.25 bits per heavy atom. The third kappa shape index (κ3) is 1.99. The monoisotopic (exact) mass is 274 g/mol. The summed E-state index contributed by atoms with van der Waals surface area (Å²) < 4.78 is 0. The van der Waals surface area contributed by atoms with E-state index in [1.807, 2.05) is 26.0 Å². The number of aryl methyl sites for hydroxylation is 2. The molecule has 5 heteroatoms. The van der Waals surface area contributed by atoms with Gasteiger partial charge in [0.25, 0.3) is 5.91 Å². The fraction of sp³-hybridized carbons (Fsp3) is 0.400. The third-order valence-corrected chi connectivity index (χ3v) is 4.10. The molecule has 1 saturated heterocycles. The number of aromatic amines is 1. The van der Waals surface area contributed by atoms with Gasteiger partial charge in [0.1, 0.15) is 0 Å². The van der Waals surface area contributed by atoms with Crippen molar-refractivity contribution in [2.75, 3.05) is 13.1 Å². The quantitative estimate of drug-likeness (QED) is 0.725. The van der Waals surface area contributed by atoms with Gasteiger partial charge in [-0.2, -0.15) is 0 Å². The number of H-pyrrole nitrogens is 1. The van der Waals surface area contributed by atoms with Crippen LogP contribution in [0.5, 0.6) is 0 Å². The molecule has 1 aromatic carbocycles. The van der Waals surface area contributed by atoms with Gasteiger partial charge in [-0.25, -0.2) is 0 Å². The first-order valence-electron chi connectivity index (χ1n) is 6.71. The minimum absolute atomic E-state index is 0.152. The van der Waals surface area contributed by atoms with Gasteiger partial charge in [-0.1, -0.05) is 0 Å². The maximum atomic E-state index is 12.4. The SMILES string of the molecule is Cc1[nH]c2ccc(C(=O)N3C[C@@H](O)[C@@H](O)C3)cc2c1C. The van der Waals surface area contributed by atoms with Crippen LogP contribution in [0, 0.1) is 13.8 Å². The molecule has 1 aliphatic heterocycles. The van der Waals surface area contributed by atoms with Crippen LogP contribution in [0.2, 0.25) is 0 Å². The Hall–Kier alpha value is -1.85. The zero-order valence-corrected chi connectivity index (χ0v) is 11.6.